The zero-order chi connectivity index (χ0) is 21.1. The van der Waals surface area contributed by atoms with Crippen LogP contribution in [0.4, 0.5) is 0 Å². The van der Waals surface area contributed by atoms with Gasteiger partial charge in [-0.1, -0.05) is 0 Å². The third kappa shape index (κ3) is 9.92. The summed E-state index contributed by atoms with van der Waals surface area (Å²) in [5.41, 5.74) is 0. The molecule has 0 fully saturated rings. The molecule has 0 aliphatic heterocycles. The van der Waals surface area contributed by atoms with Crippen molar-refractivity contribution < 1.29 is 47.7 Å². The number of hydrogen-bond acceptors (Lipinski definition) is 10. The molecule has 0 heterocycles. The van der Waals surface area contributed by atoms with Gasteiger partial charge in [-0.25, -0.2) is 0 Å². The van der Waals surface area contributed by atoms with Crippen LogP contribution in [0, 0.1) is 0 Å². The highest BCUT2D eigenvalue weighted by Gasteiger charge is 2.42. The molecule has 152 valence electrons. The third-order valence-electron chi connectivity index (χ3n) is 2.93. The lowest BCUT2D eigenvalue weighted by Crippen LogP contribution is -2.57. The Kier molecular flexibility index (Phi) is 10.3. The molecule has 1 amide bonds. The lowest BCUT2D eigenvalue weighted by atomic mass is 10.0. The number of ether oxygens (including phenoxy) is 4. The highest BCUT2D eigenvalue weighted by Crippen LogP contribution is 2.17. The van der Waals surface area contributed by atoms with Gasteiger partial charge in [0.1, 0.15) is 18.9 Å². The molecule has 27 heavy (non-hydrogen) atoms. The van der Waals surface area contributed by atoms with Crippen molar-refractivity contribution in [2.45, 2.75) is 59.0 Å². The maximum absolute atomic E-state index is 11.5. The molecular formula is C16H23NO10. The van der Waals surface area contributed by atoms with Crippen molar-refractivity contribution in [2.75, 3.05) is 6.61 Å². The van der Waals surface area contributed by atoms with E-state index in [1.54, 1.807) is 0 Å². The van der Waals surface area contributed by atoms with Crippen molar-refractivity contribution in [1.82, 2.24) is 5.32 Å². The summed E-state index contributed by atoms with van der Waals surface area (Å²) >= 11 is 0. The molecule has 0 saturated carbocycles. The van der Waals surface area contributed by atoms with E-state index < -0.39 is 60.7 Å². The molecule has 0 unspecified atom stereocenters. The van der Waals surface area contributed by atoms with E-state index in [2.05, 4.69) is 5.32 Å². The van der Waals surface area contributed by atoms with Gasteiger partial charge in [-0.05, 0) is 0 Å². The van der Waals surface area contributed by atoms with Gasteiger partial charge in [-0.2, -0.15) is 0 Å². The molecule has 11 heteroatoms. The minimum Gasteiger partial charge on any atom is -0.462 e. The number of carbonyl (C=O) groups excluding carboxylic acids is 6. The van der Waals surface area contributed by atoms with E-state index in [-0.39, 0.29) is 6.29 Å². The molecule has 0 aromatic carbocycles. The van der Waals surface area contributed by atoms with Crippen LogP contribution in [-0.2, 0) is 47.7 Å². The van der Waals surface area contributed by atoms with Crippen LogP contribution in [0.15, 0.2) is 0 Å². The molecule has 11 nitrogen and oxygen atoms in total. The molecular weight excluding hydrogens is 366 g/mol. The normalized spacial score (nSPS) is 14.6. The Morgan fingerprint density at radius 1 is 0.778 bits per heavy atom. The first-order chi connectivity index (χ1) is 12.5. The number of carbonyl (C=O) groups is 6. The molecule has 4 atom stereocenters. The molecule has 0 rings (SSSR count). The van der Waals surface area contributed by atoms with Crippen LogP contribution in [-0.4, -0.2) is 67.0 Å². The standard InChI is InChI=1S/C16H23NO10/c1-8(19)17-13(6-18)15(26-11(4)22)16(27-12(5)23)14(25-10(3)21)7-24-9(2)20/h6,13-16H,7H2,1-5H3,(H,17,19)/t13-,14-,15-,16-/m1/s1. The number of esters is 4. The van der Waals surface area contributed by atoms with Crippen LogP contribution in [0.5, 0.6) is 0 Å². The van der Waals surface area contributed by atoms with E-state index >= 15 is 0 Å². The summed E-state index contributed by atoms with van der Waals surface area (Å²) in [6, 6.07) is -1.42. The third-order valence-corrected chi connectivity index (χ3v) is 2.93. The summed E-state index contributed by atoms with van der Waals surface area (Å²) in [7, 11) is 0. The predicted molar refractivity (Wildman–Crippen MR) is 87.0 cm³/mol. The van der Waals surface area contributed by atoms with Crippen molar-refractivity contribution >= 4 is 36.1 Å². The average Bonchev–Trinajstić information content (AvgIpc) is 2.51. The van der Waals surface area contributed by atoms with E-state index in [9.17, 15) is 28.8 Å². The summed E-state index contributed by atoms with van der Waals surface area (Å²) in [5.74, 6) is -3.87. The van der Waals surface area contributed by atoms with Crippen LogP contribution >= 0.6 is 0 Å². The second-order valence-corrected chi connectivity index (χ2v) is 5.46. The maximum Gasteiger partial charge on any atom is 0.303 e. The Hall–Kier alpha value is -2.98. The highest BCUT2D eigenvalue weighted by molar-refractivity contribution is 5.78. The lowest BCUT2D eigenvalue weighted by molar-refractivity contribution is -0.191. The van der Waals surface area contributed by atoms with Crippen molar-refractivity contribution in [3.8, 4) is 0 Å². The Labute approximate surface area is 155 Å². The smallest absolute Gasteiger partial charge is 0.303 e. The quantitative estimate of drug-likeness (QED) is 0.281. The van der Waals surface area contributed by atoms with Crippen molar-refractivity contribution in [3.05, 3.63) is 0 Å². The summed E-state index contributed by atoms with van der Waals surface area (Å²) in [6.45, 7) is 4.78. The van der Waals surface area contributed by atoms with Crippen LogP contribution in [0.2, 0.25) is 0 Å². The first-order valence-corrected chi connectivity index (χ1v) is 7.85. The number of amides is 1. The van der Waals surface area contributed by atoms with Crippen LogP contribution in [0.25, 0.3) is 0 Å². The van der Waals surface area contributed by atoms with Crippen LogP contribution in [0.3, 0.4) is 0 Å². The molecule has 0 aromatic rings. The van der Waals surface area contributed by atoms with Gasteiger partial charge < -0.3 is 29.1 Å². The van der Waals surface area contributed by atoms with Crippen LogP contribution in [0.1, 0.15) is 34.6 Å². The zero-order valence-electron chi connectivity index (χ0n) is 15.7. The Bertz CT molecular complexity index is 588. The second-order valence-electron chi connectivity index (χ2n) is 5.46. The van der Waals surface area contributed by atoms with Gasteiger partial charge in [0.05, 0.1) is 0 Å². The van der Waals surface area contributed by atoms with Crippen molar-refractivity contribution in [1.29, 1.82) is 0 Å². The highest BCUT2D eigenvalue weighted by atomic mass is 16.6. The van der Waals surface area contributed by atoms with Gasteiger partial charge in [-0.15, -0.1) is 0 Å². The minimum absolute atomic E-state index is 0.266. The molecule has 0 radical (unpaired) electrons. The van der Waals surface area contributed by atoms with Crippen molar-refractivity contribution in [3.63, 3.8) is 0 Å². The molecule has 0 aliphatic rings. The fourth-order valence-electron chi connectivity index (χ4n) is 2.12. The second kappa shape index (κ2) is 11.6. The van der Waals surface area contributed by atoms with E-state index in [0.717, 1.165) is 34.6 Å². The molecule has 0 aliphatic carbocycles. The molecule has 0 spiro atoms. The van der Waals surface area contributed by atoms with E-state index in [1.807, 2.05) is 0 Å². The maximum atomic E-state index is 11.5. The van der Waals surface area contributed by atoms with Gasteiger partial charge in [0.2, 0.25) is 5.91 Å². The van der Waals surface area contributed by atoms with E-state index in [1.165, 1.54) is 0 Å². The number of hydrogen-bond donors (Lipinski definition) is 1. The van der Waals surface area contributed by atoms with Gasteiger partial charge >= 0.3 is 23.9 Å². The SMILES string of the molecule is CC(=O)N[C@H](C=O)[C@@H](OC(C)=O)[C@H](OC(C)=O)[C@@H](COC(C)=O)OC(C)=O. The first-order valence-electron chi connectivity index (χ1n) is 7.85. The van der Waals surface area contributed by atoms with Gasteiger partial charge in [0.15, 0.2) is 18.3 Å². The monoisotopic (exact) mass is 389 g/mol. The Balaban J connectivity index is 6.00. The lowest BCUT2D eigenvalue weighted by Gasteiger charge is -2.34. The summed E-state index contributed by atoms with van der Waals surface area (Å²) < 4.78 is 19.9. The van der Waals surface area contributed by atoms with Crippen molar-refractivity contribution in [2.24, 2.45) is 0 Å². The predicted octanol–water partition coefficient (Wildman–Crippen LogP) is -0.952. The minimum atomic E-state index is -1.55. The molecule has 0 saturated heterocycles. The first kappa shape index (κ1) is 24.0. The number of nitrogens with one attached hydrogen (secondary N) is 1. The Morgan fingerprint density at radius 2 is 1.26 bits per heavy atom. The van der Waals surface area contributed by atoms with Gasteiger partial charge in [-0.3, -0.25) is 24.0 Å². The van der Waals surface area contributed by atoms with Gasteiger partial charge in [0.25, 0.3) is 0 Å². The summed E-state index contributed by atoms with van der Waals surface area (Å²) in [5, 5.41) is 2.24. The zero-order valence-corrected chi connectivity index (χ0v) is 15.7. The number of rotatable bonds is 10. The summed E-state index contributed by atoms with van der Waals surface area (Å²) in [6.07, 6.45) is -4.23. The topological polar surface area (TPSA) is 151 Å². The molecule has 0 aromatic heterocycles. The van der Waals surface area contributed by atoms with Crippen LogP contribution < -0.4 is 5.32 Å². The average molecular weight is 389 g/mol. The Morgan fingerprint density at radius 3 is 1.63 bits per heavy atom. The number of aldehydes is 1. The fourth-order valence-corrected chi connectivity index (χ4v) is 2.12. The van der Waals surface area contributed by atoms with Gasteiger partial charge in [0, 0.05) is 34.6 Å². The van der Waals surface area contributed by atoms with E-state index in [0.29, 0.717) is 0 Å². The largest absolute Gasteiger partial charge is 0.462 e. The fraction of sp³-hybridized carbons (Fsp3) is 0.625. The molecule has 1 N–H and O–H groups in total. The summed E-state index contributed by atoms with van der Waals surface area (Å²) in [4.78, 5) is 68.3. The molecule has 0 bridgehead atoms. The van der Waals surface area contributed by atoms with E-state index in [4.69, 9.17) is 18.9 Å².